The van der Waals surface area contributed by atoms with E-state index in [1.165, 1.54) is 6.20 Å². The van der Waals surface area contributed by atoms with E-state index in [4.69, 9.17) is 4.74 Å². The van der Waals surface area contributed by atoms with Crippen LogP contribution in [0.5, 0.6) is 5.75 Å². The minimum Gasteiger partial charge on any atom is -0.497 e. The number of anilines is 3. The first kappa shape index (κ1) is 17.3. The fraction of sp³-hybridized carbons (Fsp3) is 0.0526. The first-order valence-electron chi connectivity index (χ1n) is 7.67. The molecule has 0 saturated heterocycles. The predicted octanol–water partition coefficient (Wildman–Crippen LogP) is 4.36. The van der Waals surface area contributed by atoms with Crippen LogP contribution in [0.25, 0.3) is 0 Å². The highest BCUT2D eigenvalue weighted by molar-refractivity contribution is 6.04. The van der Waals surface area contributed by atoms with Crippen molar-refractivity contribution < 1.29 is 18.3 Å². The molecule has 1 aromatic heterocycles. The molecule has 0 atom stereocenters. The summed E-state index contributed by atoms with van der Waals surface area (Å²) >= 11 is 0. The number of carbonyl (C=O) groups is 1. The lowest BCUT2D eigenvalue weighted by molar-refractivity contribution is 0.102. The number of carbonyl (C=O) groups excluding carboxylic acids is 1. The largest absolute Gasteiger partial charge is 0.497 e. The van der Waals surface area contributed by atoms with Gasteiger partial charge in [-0.25, -0.2) is 8.78 Å². The van der Waals surface area contributed by atoms with Gasteiger partial charge in [-0.2, -0.15) is 0 Å². The van der Waals surface area contributed by atoms with E-state index < -0.39 is 17.5 Å². The minimum atomic E-state index is -0.850. The van der Waals surface area contributed by atoms with E-state index in [2.05, 4.69) is 15.6 Å². The van der Waals surface area contributed by atoms with Crippen LogP contribution in [0.3, 0.4) is 0 Å². The van der Waals surface area contributed by atoms with Gasteiger partial charge in [0.05, 0.1) is 30.2 Å². The topological polar surface area (TPSA) is 63.2 Å². The Balaban J connectivity index is 1.76. The number of aromatic nitrogens is 1. The van der Waals surface area contributed by atoms with Gasteiger partial charge < -0.3 is 15.4 Å². The minimum absolute atomic E-state index is 0.109. The Bertz CT molecular complexity index is 948. The molecule has 1 heterocycles. The molecule has 0 spiro atoms. The zero-order valence-electron chi connectivity index (χ0n) is 13.8. The van der Waals surface area contributed by atoms with Gasteiger partial charge in [0.15, 0.2) is 0 Å². The molecule has 0 aliphatic rings. The number of nitrogens with one attached hydrogen (secondary N) is 2. The molecule has 0 radical (unpaired) electrons. The highest BCUT2D eigenvalue weighted by Crippen LogP contribution is 2.22. The monoisotopic (exact) mass is 355 g/mol. The number of halogens is 2. The number of pyridine rings is 1. The number of ether oxygens (including phenoxy) is 1. The second kappa shape index (κ2) is 7.60. The van der Waals surface area contributed by atoms with Gasteiger partial charge in [0.25, 0.3) is 5.91 Å². The Hall–Kier alpha value is -3.48. The molecule has 5 nitrogen and oxygen atoms in total. The summed E-state index contributed by atoms with van der Waals surface area (Å²) in [5, 5.41) is 5.51. The third-order valence-electron chi connectivity index (χ3n) is 3.54. The van der Waals surface area contributed by atoms with Crippen molar-refractivity contribution in [2.24, 2.45) is 0 Å². The molecule has 1 amide bonds. The van der Waals surface area contributed by atoms with Crippen LogP contribution < -0.4 is 15.4 Å². The molecule has 3 aromatic rings. The molecule has 26 heavy (non-hydrogen) atoms. The van der Waals surface area contributed by atoms with E-state index in [9.17, 15) is 13.6 Å². The lowest BCUT2D eigenvalue weighted by Crippen LogP contribution is -2.13. The highest BCUT2D eigenvalue weighted by Gasteiger charge is 2.11. The van der Waals surface area contributed by atoms with Gasteiger partial charge in [0.2, 0.25) is 0 Å². The first-order chi connectivity index (χ1) is 12.5. The molecule has 0 unspecified atom stereocenters. The van der Waals surface area contributed by atoms with Gasteiger partial charge in [-0.05, 0) is 30.3 Å². The second-order valence-electron chi connectivity index (χ2n) is 5.40. The summed E-state index contributed by atoms with van der Waals surface area (Å²) in [7, 11) is 1.57. The van der Waals surface area contributed by atoms with Crippen molar-refractivity contribution in [1.82, 2.24) is 4.98 Å². The van der Waals surface area contributed by atoms with E-state index in [-0.39, 0.29) is 11.3 Å². The average Bonchev–Trinajstić information content (AvgIpc) is 2.64. The molecule has 0 bridgehead atoms. The zero-order valence-corrected chi connectivity index (χ0v) is 13.8. The van der Waals surface area contributed by atoms with Crippen LogP contribution in [-0.4, -0.2) is 18.0 Å². The molecule has 0 aliphatic carbocycles. The van der Waals surface area contributed by atoms with Crippen molar-refractivity contribution in [3.05, 3.63) is 78.1 Å². The predicted molar refractivity (Wildman–Crippen MR) is 94.8 cm³/mol. The van der Waals surface area contributed by atoms with E-state index in [0.29, 0.717) is 17.5 Å². The van der Waals surface area contributed by atoms with Gasteiger partial charge in [-0.3, -0.25) is 9.78 Å². The summed E-state index contributed by atoms with van der Waals surface area (Å²) in [6.07, 6.45) is 2.91. The number of benzene rings is 2. The second-order valence-corrected chi connectivity index (χ2v) is 5.40. The smallest absolute Gasteiger partial charge is 0.257 e. The Kier molecular flexibility index (Phi) is 5.07. The van der Waals surface area contributed by atoms with E-state index >= 15 is 0 Å². The lowest BCUT2D eigenvalue weighted by atomic mass is 10.2. The summed E-state index contributed by atoms with van der Waals surface area (Å²) in [6, 6.07) is 11.8. The Labute approximate surface area is 148 Å². The molecular formula is C19H15F2N3O2. The Morgan fingerprint density at radius 3 is 2.65 bits per heavy atom. The van der Waals surface area contributed by atoms with Crippen LogP contribution in [0, 0.1) is 11.6 Å². The third kappa shape index (κ3) is 4.13. The maximum absolute atomic E-state index is 13.7. The molecule has 0 saturated carbocycles. The van der Waals surface area contributed by atoms with Crippen molar-refractivity contribution in [2.45, 2.75) is 0 Å². The summed E-state index contributed by atoms with van der Waals surface area (Å²) in [5.41, 5.74) is 1.45. The SMILES string of the molecule is COc1cccc(Nc2cncc(C(=O)Nc3ccc(F)cc3F)c2)c1. The molecule has 0 aliphatic heterocycles. The summed E-state index contributed by atoms with van der Waals surface area (Å²) in [4.78, 5) is 16.3. The van der Waals surface area contributed by atoms with Gasteiger partial charge in [0, 0.05) is 24.0 Å². The number of hydrogen-bond acceptors (Lipinski definition) is 4. The van der Waals surface area contributed by atoms with Crippen molar-refractivity contribution >= 4 is 23.0 Å². The van der Waals surface area contributed by atoms with Crippen LogP contribution >= 0.6 is 0 Å². The standard InChI is InChI=1S/C19H15F2N3O2/c1-26-16-4-2-3-14(9-16)23-15-7-12(10-22-11-15)19(25)24-18-6-5-13(20)8-17(18)21/h2-11,23H,1H3,(H,24,25). The number of amides is 1. The normalized spacial score (nSPS) is 10.3. The van der Waals surface area contributed by atoms with Crippen molar-refractivity contribution in [2.75, 3.05) is 17.7 Å². The van der Waals surface area contributed by atoms with Crippen LogP contribution in [-0.2, 0) is 0 Å². The molecule has 0 fully saturated rings. The zero-order chi connectivity index (χ0) is 18.5. The van der Waals surface area contributed by atoms with Crippen LogP contribution in [0.4, 0.5) is 25.8 Å². The van der Waals surface area contributed by atoms with Crippen LogP contribution in [0.1, 0.15) is 10.4 Å². The Morgan fingerprint density at radius 2 is 1.88 bits per heavy atom. The summed E-state index contributed by atoms with van der Waals surface area (Å²) in [6.45, 7) is 0. The van der Waals surface area contributed by atoms with Crippen molar-refractivity contribution in [3.63, 3.8) is 0 Å². The molecule has 3 rings (SSSR count). The molecule has 7 heteroatoms. The van der Waals surface area contributed by atoms with Gasteiger partial charge in [-0.1, -0.05) is 6.07 Å². The number of rotatable bonds is 5. The van der Waals surface area contributed by atoms with E-state index in [0.717, 1.165) is 17.8 Å². The third-order valence-corrected chi connectivity index (χ3v) is 3.54. The fourth-order valence-corrected chi connectivity index (χ4v) is 2.29. The molecule has 2 N–H and O–H groups in total. The number of nitrogens with zero attached hydrogens (tertiary/aromatic N) is 1. The fourth-order valence-electron chi connectivity index (χ4n) is 2.29. The van der Waals surface area contributed by atoms with E-state index in [1.807, 2.05) is 18.2 Å². The van der Waals surface area contributed by atoms with Gasteiger partial charge in [-0.15, -0.1) is 0 Å². The average molecular weight is 355 g/mol. The maximum Gasteiger partial charge on any atom is 0.257 e. The quantitative estimate of drug-likeness (QED) is 0.714. The van der Waals surface area contributed by atoms with Gasteiger partial charge >= 0.3 is 0 Å². The van der Waals surface area contributed by atoms with Crippen molar-refractivity contribution in [1.29, 1.82) is 0 Å². The van der Waals surface area contributed by atoms with Gasteiger partial charge in [0.1, 0.15) is 17.4 Å². The highest BCUT2D eigenvalue weighted by atomic mass is 19.1. The Morgan fingerprint density at radius 1 is 1.04 bits per heavy atom. The number of hydrogen-bond donors (Lipinski definition) is 2. The van der Waals surface area contributed by atoms with Crippen molar-refractivity contribution in [3.8, 4) is 5.75 Å². The number of methoxy groups -OCH3 is 1. The molecular weight excluding hydrogens is 340 g/mol. The lowest BCUT2D eigenvalue weighted by Gasteiger charge is -2.10. The molecule has 132 valence electrons. The maximum atomic E-state index is 13.7. The summed E-state index contributed by atoms with van der Waals surface area (Å²) in [5.74, 6) is -1.44. The molecule has 2 aromatic carbocycles. The first-order valence-corrected chi connectivity index (χ1v) is 7.67. The summed E-state index contributed by atoms with van der Waals surface area (Å²) < 4.78 is 31.8. The van der Waals surface area contributed by atoms with E-state index in [1.54, 1.807) is 25.4 Å². The van der Waals surface area contributed by atoms with Crippen LogP contribution in [0.15, 0.2) is 60.9 Å². The van der Waals surface area contributed by atoms with Crippen LogP contribution in [0.2, 0.25) is 0 Å².